The van der Waals surface area contributed by atoms with Gasteiger partial charge in [0.05, 0.1) is 11.1 Å². The van der Waals surface area contributed by atoms with Crippen LogP contribution in [0.15, 0.2) is 36.4 Å². The summed E-state index contributed by atoms with van der Waals surface area (Å²) >= 11 is 0. The Kier molecular flexibility index (Phi) is 4.06. The van der Waals surface area contributed by atoms with Gasteiger partial charge in [0.2, 0.25) is 0 Å². The molecule has 4 N–H and O–H groups in total. The van der Waals surface area contributed by atoms with Crippen LogP contribution in [0.2, 0.25) is 0 Å². The molecule has 9 heteroatoms. The fourth-order valence-electron chi connectivity index (χ4n) is 1.83. The number of nitrogens with two attached hydrogens (primary N) is 2. The minimum atomic E-state index is -4.82. The monoisotopic (exact) mass is 336 g/mol. The topological polar surface area (TPSA) is 61.3 Å². The van der Waals surface area contributed by atoms with Crippen molar-refractivity contribution < 1.29 is 31.1 Å². The summed E-state index contributed by atoms with van der Waals surface area (Å²) in [5.41, 5.74) is 8.09. The number of rotatable bonds is 2. The maximum Gasteiger partial charge on any atom is 0.419 e. The van der Waals surface area contributed by atoms with Gasteiger partial charge in [0.25, 0.3) is 0 Å². The average molecular weight is 336 g/mol. The lowest BCUT2D eigenvalue weighted by atomic mass is 10.1. The van der Waals surface area contributed by atoms with E-state index in [0.29, 0.717) is 12.1 Å². The van der Waals surface area contributed by atoms with Crippen LogP contribution in [-0.2, 0) is 12.4 Å². The van der Waals surface area contributed by atoms with E-state index in [0.717, 1.165) is 24.3 Å². The summed E-state index contributed by atoms with van der Waals surface area (Å²) in [6.07, 6.45) is -9.64. The molecule has 2 aromatic rings. The highest BCUT2D eigenvalue weighted by molar-refractivity contribution is 5.54. The molecule has 23 heavy (non-hydrogen) atoms. The normalized spacial score (nSPS) is 12.3. The molecule has 0 radical (unpaired) electrons. The number of hydrogen-bond acceptors (Lipinski definition) is 3. The first-order valence-electron chi connectivity index (χ1n) is 6.10. The van der Waals surface area contributed by atoms with Crippen LogP contribution in [0.5, 0.6) is 11.5 Å². The summed E-state index contributed by atoms with van der Waals surface area (Å²) in [7, 11) is 0. The van der Waals surface area contributed by atoms with Crippen LogP contribution in [0, 0.1) is 0 Å². The van der Waals surface area contributed by atoms with E-state index < -0.39 is 35.0 Å². The number of benzene rings is 2. The number of nitrogen functional groups attached to an aromatic ring is 2. The predicted molar refractivity (Wildman–Crippen MR) is 71.8 cm³/mol. The number of anilines is 2. The Morgan fingerprint density at radius 1 is 0.652 bits per heavy atom. The molecule has 0 bridgehead atoms. The molecule has 0 saturated carbocycles. The van der Waals surface area contributed by atoms with Gasteiger partial charge in [-0.05, 0) is 24.3 Å². The van der Waals surface area contributed by atoms with Crippen LogP contribution in [0.3, 0.4) is 0 Å². The van der Waals surface area contributed by atoms with Gasteiger partial charge in [0.15, 0.2) is 0 Å². The molecule has 3 nitrogen and oxygen atoms in total. The van der Waals surface area contributed by atoms with E-state index in [4.69, 9.17) is 16.2 Å². The molecule has 124 valence electrons. The third-order valence-corrected chi connectivity index (χ3v) is 2.84. The van der Waals surface area contributed by atoms with Crippen LogP contribution < -0.4 is 16.2 Å². The van der Waals surface area contributed by atoms with Gasteiger partial charge < -0.3 is 16.2 Å². The minimum absolute atomic E-state index is 0.0922. The fourth-order valence-corrected chi connectivity index (χ4v) is 1.83. The van der Waals surface area contributed by atoms with Crippen molar-refractivity contribution in [3.05, 3.63) is 47.5 Å². The van der Waals surface area contributed by atoms with Crippen molar-refractivity contribution in [3.8, 4) is 11.5 Å². The first-order valence-corrected chi connectivity index (χ1v) is 6.10. The molecule has 0 fully saturated rings. The third-order valence-electron chi connectivity index (χ3n) is 2.84. The quantitative estimate of drug-likeness (QED) is 0.618. The Hall–Kier alpha value is -2.58. The lowest BCUT2D eigenvalue weighted by molar-refractivity contribution is -0.139. The van der Waals surface area contributed by atoms with Crippen molar-refractivity contribution in [3.63, 3.8) is 0 Å². The van der Waals surface area contributed by atoms with Crippen molar-refractivity contribution in [1.29, 1.82) is 0 Å². The Labute approximate surface area is 126 Å². The van der Waals surface area contributed by atoms with E-state index in [1.54, 1.807) is 0 Å². The predicted octanol–water partition coefficient (Wildman–Crippen LogP) is 4.68. The van der Waals surface area contributed by atoms with Gasteiger partial charge in [-0.3, -0.25) is 0 Å². The van der Waals surface area contributed by atoms with Crippen LogP contribution in [-0.4, -0.2) is 0 Å². The van der Waals surface area contributed by atoms with E-state index in [9.17, 15) is 26.3 Å². The lowest BCUT2D eigenvalue weighted by Crippen LogP contribution is -2.10. The maximum absolute atomic E-state index is 12.9. The van der Waals surface area contributed by atoms with Gasteiger partial charge in [0, 0.05) is 23.5 Å². The van der Waals surface area contributed by atoms with Gasteiger partial charge in [-0.2, -0.15) is 26.3 Å². The number of ether oxygens (including phenoxy) is 1. The zero-order valence-electron chi connectivity index (χ0n) is 11.3. The third kappa shape index (κ3) is 3.79. The molecule has 0 heterocycles. The molecular formula is C14H10F6N2O. The summed E-state index contributed by atoms with van der Waals surface area (Å²) in [5, 5.41) is 0. The van der Waals surface area contributed by atoms with E-state index >= 15 is 0 Å². The van der Waals surface area contributed by atoms with Gasteiger partial charge in [-0.1, -0.05) is 0 Å². The molecule has 0 unspecified atom stereocenters. The number of halogens is 6. The second-order valence-electron chi connectivity index (χ2n) is 4.61. The molecule has 0 aliphatic heterocycles. The van der Waals surface area contributed by atoms with Gasteiger partial charge in [-0.25, -0.2) is 0 Å². The highest BCUT2D eigenvalue weighted by atomic mass is 19.4. The first-order chi connectivity index (χ1) is 10.5. The Morgan fingerprint density at radius 2 is 1.00 bits per heavy atom. The zero-order valence-corrected chi connectivity index (χ0v) is 11.3. The van der Waals surface area contributed by atoms with Gasteiger partial charge in [-0.15, -0.1) is 0 Å². The molecule has 2 rings (SSSR count). The molecule has 0 aliphatic rings. The summed E-state index contributed by atoms with van der Waals surface area (Å²) in [5.74, 6) is -1.68. The van der Waals surface area contributed by atoms with Crippen LogP contribution in [0.1, 0.15) is 11.1 Å². The van der Waals surface area contributed by atoms with Crippen LogP contribution in [0.4, 0.5) is 37.7 Å². The lowest BCUT2D eigenvalue weighted by Gasteiger charge is -2.17. The zero-order chi connectivity index (χ0) is 17.4. The standard InChI is InChI=1S/C14H10F6N2O/c15-13(16,17)9-3-1-7(21)5-11(9)23-12-6-8(22)2-4-10(12)14(18,19)20/h1-6H,21-22H2. The SMILES string of the molecule is Nc1ccc(C(F)(F)F)c(Oc2cc(N)ccc2C(F)(F)F)c1. The molecule has 2 aromatic carbocycles. The first kappa shape index (κ1) is 16.8. The van der Waals surface area contributed by atoms with Gasteiger partial charge >= 0.3 is 12.4 Å². The second kappa shape index (κ2) is 5.56. The average Bonchev–Trinajstić information content (AvgIpc) is 2.35. The summed E-state index contributed by atoms with van der Waals surface area (Å²) in [6, 6.07) is 4.80. The van der Waals surface area contributed by atoms with E-state index in [1.165, 1.54) is 0 Å². The smallest absolute Gasteiger partial charge is 0.419 e. The molecule has 0 atom stereocenters. The number of hydrogen-bond donors (Lipinski definition) is 2. The van der Waals surface area contributed by atoms with Crippen molar-refractivity contribution in [1.82, 2.24) is 0 Å². The maximum atomic E-state index is 12.9. The van der Waals surface area contributed by atoms with Crippen LogP contribution >= 0.6 is 0 Å². The Balaban J connectivity index is 2.56. The number of alkyl halides is 6. The molecule has 0 aromatic heterocycles. The Bertz CT molecular complexity index is 663. The molecule has 0 aliphatic carbocycles. The van der Waals surface area contributed by atoms with Crippen molar-refractivity contribution in [2.45, 2.75) is 12.4 Å². The van der Waals surface area contributed by atoms with Gasteiger partial charge in [0.1, 0.15) is 11.5 Å². The molecular weight excluding hydrogens is 326 g/mol. The van der Waals surface area contributed by atoms with E-state index in [-0.39, 0.29) is 11.4 Å². The minimum Gasteiger partial charge on any atom is -0.456 e. The van der Waals surface area contributed by atoms with E-state index in [1.807, 2.05) is 0 Å². The van der Waals surface area contributed by atoms with Crippen molar-refractivity contribution in [2.24, 2.45) is 0 Å². The second-order valence-corrected chi connectivity index (χ2v) is 4.61. The largest absolute Gasteiger partial charge is 0.456 e. The van der Waals surface area contributed by atoms with Crippen LogP contribution in [0.25, 0.3) is 0 Å². The summed E-state index contributed by atoms with van der Waals surface area (Å²) < 4.78 is 82.4. The highest BCUT2D eigenvalue weighted by Crippen LogP contribution is 2.43. The molecule has 0 spiro atoms. The van der Waals surface area contributed by atoms with E-state index in [2.05, 4.69) is 0 Å². The highest BCUT2D eigenvalue weighted by Gasteiger charge is 2.37. The van der Waals surface area contributed by atoms with Crippen molar-refractivity contribution >= 4 is 11.4 Å². The molecule has 0 amide bonds. The molecule has 0 saturated heterocycles. The van der Waals surface area contributed by atoms with Crippen molar-refractivity contribution in [2.75, 3.05) is 11.5 Å². The summed E-state index contributed by atoms with van der Waals surface area (Å²) in [6.45, 7) is 0. The fraction of sp³-hybridized carbons (Fsp3) is 0.143. The summed E-state index contributed by atoms with van der Waals surface area (Å²) in [4.78, 5) is 0. The Morgan fingerprint density at radius 3 is 1.30 bits per heavy atom.